The van der Waals surface area contributed by atoms with Crippen LogP contribution < -0.4 is 0 Å². The topological polar surface area (TPSA) is 0 Å². The van der Waals surface area contributed by atoms with Crippen LogP contribution in [0.2, 0.25) is 0 Å². The van der Waals surface area contributed by atoms with Crippen LogP contribution in [0.1, 0.15) is 84.5 Å². The maximum atomic E-state index is 2.40. The molecule has 0 aliphatic heterocycles. The van der Waals surface area contributed by atoms with Gasteiger partial charge in [-0.25, -0.2) is 0 Å². The lowest BCUT2D eigenvalue weighted by atomic mass is 9.84. The molecule has 0 aromatic carbocycles. The molecular formula is C15H30. The lowest BCUT2D eigenvalue weighted by molar-refractivity contribution is 0.299. The zero-order chi connectivity index (χ0) is 10.9. The summed E-state index contributed by atoms with van der Waals surface area (Å²) in [6.45, 7) is 4.70. The molecule has 1 saturated carbocycles. The van der Waals surface area contributed by atoms with Crippen LogP contribution in [0.15, 0.2) is 0 Å². The molecular weight excluding hydrogens is 180 g/mol. The summed E-state index contributed by atoms with van der Waals surface area (Å²) in [5.74, 6) is 2.16. The summed E-state index contributed by atoms with van der Waals surface area (Å²) < 4.78 is 0. The molecule has 0 aromatic heterocycles. The van der Waals surface area contributed by atoms with E-state index in [4.69, 9.17) is 0 Å². The molecule has 0 spiro atoms. The van der Waals surface area contributed by atoms with Crippen LogP contribution in [-0.2, 0) is 0 Å². The van der Waals surface area contributed by atoms with E-state index < -0.39 is 0 Å². The molecule has 1 fully saturated rings. The average Bonchev–Trinajstić information content (AvgIpc) is 2.77. The molecule has 0 nitrogen and oxygen atoms in total. The van der Waals surface area contributed by atoms with Crippen molar-refractivity contribution in [2.45, 2.75) is 84.5 Å². The molecule has 0 heteroatoms. The first kappa shape index (κ1) is 13.1. The average molecular weight is 210 g/mol. The van der Waals surface area contributed by atoms with Gasteiger partial charge in [-0.15, -0.1) is 0 Å². The molecule has 1 atom stereocenters. The van der Waals surface area contributed by atoms with Crippen LogP contribution in [0, 0.1) is 11.8 Å². The third kappa shape index (κ3) is 5.04. The van der Waals surface area contributed by atoms with Crippen molar-refractivity contribution in [1.29, 1.82) is 0 Å². The van der Waals surface area contributed by atoms with Gasteiger partial charge in [0.05, 0.1) is 0 Å². The van der Waals surface area contributed by atoms with Crippen molar-refractivity contribution >= 4 is 0 Å². The maximum absolute atomic E-state index is 2.40. The fourth-order valence-corrected chi connectivity index (χ4v) is 3.21. The molecule has 0 aromatic rings. The Morgan fingerprint density at radius 3 is 2.20 bits per heavy atom. The normalized spacial score (nSPS) is 19.6. The summed E-state index contributed by atoms with van der Waals surface area (Å²) in [6, 6.07) is 0. The summed E-state index contributed by atoms with van der Waals surface area (Å²) in [5, 5.41) is 0. The van der Waals surface area contributed by atoms with Crippen LogP contribution in [0.5, 0.6) is 0 Å². The molecule has 90 valence electrons. The Bertz CT molecular complexity index is 133. The Balaban J connectivity index is 2.05. The minimum absolute atomic E-state index is 1.06. The van der Waals surface area contributed by atoms with E-state index in [2.05, 4.69) is 13.8 Å². The number of rotatable bonds is 8. The van der Waals surface area contributed by atoms with Gasteiger partial charge in [0, 0.05) is 0 Å². The standard InChI is InChI=1S/C15H30/c1-3-5-6-7-8-11-14(4-2)15-12-9-10-13-15/h14-15H,3-13H2,1-2H3. The van der Waals surface area contributed by atoms with E-state index in [1.165, 1.54) is 70.6 Å². The van der Waals surface area contributed by atoms with Gasteiger partial charge in [0.2, 0.25) is 0 Å². The molecule has 15 heavy (non-hydrogen) atoms. The van der Waals surface area contributed by atoms with E-state index in [-0.39, 0.29) is 0 Å². The van der Waals surface area contributed by atoms with Crippen molar-refractivity contribution < 1.29 is 0 Å². The van der Waals surface area contributed by atoms with Gasteiger partial charge in [0.15, 0.2) is 0 Å². The summed E-state index contributed by atoms with van der Waals surface area (Å²) >= 11 is 0. The highest BCUT2D eigenvalue weighted by molar-refractivity contribution is 4.74. The predicted octanol–water partition coefficient (Wildman–Crippen LogP) is 5.56. The Morgan fingerprint density at radius 1 is 0.933 bits per heavy atom. The Hall–Kier alpha value is 0. The van der Waals surface area contributed by atoms with E-state index in [9.17, 15) is 0 Å². The number of hydrogen-bond donors (Lipinski definition) is 0. The van der Waals surface area contributed by atoms with Crippen LogP contribution in [0.3, 0.4) is 0 Å². The van der Waals surface area contributed by atoms with Crippen molar-refractivity contribution in [1.82, 2.24) is 0 Å². The first-order chi connectivity index (χ1) is 7.38. The van der Waals surface area contributed by atoms with Crippen molar-refractivity contribution in [3.63, 3.8) is 0 Å². The lowest BCUT2D eigenvalue weighted by Gasteiger charge is -2.21. The second-order valence-electron chi connectivity index (χ2n) is 5.42. The molecule has 1 rings (SSSR count). The van der Waals surface area contributed by atoms with Gasteiger partial charge in [0.1, 0.15) is 0 Å². The van der Waals surface area contributed by atoms with Crippen molar-refractivity contribution in [3.05, 3.63) is 0 Å². The highest BCUT2D eigenvalue weighted by Crippen LogP contribution is 2.35. The van der Waals surface area contributed by atoms with Gasteiger partial charge in [0.25, 0.3) is 0 Å². The molecule has 1 unspecified atom stereocenters. The quantitative estimate of drug-likeness (QED) is 0.460. The molecule has 0 saturated heterocycles. The van der Waals surface area contributed by atoms with Crippen LogP contribution in [0.25, 0.3) is 0 Å². The molecule has 0 amide bonds. The van der Waals surface area contributed by atoms with Crippen molar-refractivity contribution in [2.24, 2.45) is 11.8 Å². The maximum Gasteiger partial charge on any atom is -0.0386 e. The third-order valence-electron chi connectivity index (χ3n) is 4.27. The molecule has 1 aliphatic rings. The van der Waals surface area contributed by atoms with Crippen molar-refractivity contribution in [2.75, 3.05) is 0 Å². The van der Waals surface area contributed by atoms with Crippen LogP contribution in [-0.4, -0.2) is 0 Å². The molecule has 1 aliphatic carbocycles. The Morgan fingerprint density at radius 2 is 1.60 bits per heavy atom. The van der Waals surface area contributed by atoms with Gasteiger partial charge >= 0.3 is 0 Å². The van der Waals surface area contributed by atoms with E-state index in [1.807, 2.05) is 0 Å². The fourth-order valence-electron chi connectivity index (χ4n) is 3.21. The van der Waals surface area contributed by atoms with E-state index in [0.29, 0.717) is 0 Å². The second-order valence-corrected chi connectivity index (χ2v) is 5.42. The van der Waals surface area contributed by atoms with E-state index in [0.717, 1.165) is 11.8 Å². The highest BCUT2D eigenvalue weighted by atomic mass is 14.3. The lowest BCUT2D eigenvalue weighted by Crippen LogP contribution is -2.10. The minimum Gasteiger partial charge on any atom is -0.0654 e. The van der Waals surface area contributed by atoms with Gasteiger partial charge in [-0.1, -0.05) is 84.5 Å². The highest BCUT2D eigenvalue weighted by Gasteiger charge is 2.22. The second kappa shape index (κ2) is 8.19. The summed E-state index contributed by atoms with van der Waals surface area (Å²) in [6.07, 6.45) is 16.3. The zero-order valence-corrected chi connectivity index (χ0v) is 10.9. The first-order valence-corrected chi connectivity index (χ1v) is 7.38. The largest absolute Gasteiger partial charge is 0.0654 e. The number of hydrogen-bond acceptors (Lipinski definition) is 0. The van der Waals surface area contributed by atoms with Crippen molar-refractivity contribution in [3.8, 4) is 0 Å². The van der Waals surface area contributed by atoms with Gasteiger partial charge in [-0.2, -0.15) is 0 Å². The van der Waals surface area contributed by atoms with Crippen LogP contribution in [0.4, 0.5) is 0 Å². The SMILES string of the molecule is CCCCCCCC(CC)C1CCCC1. The summed E-state index contributed by atoms with van der Waals surface area (Å²) in [4.78, 5) is 0. The van der Waals surface area contributed by atoms with Crippen LogP contribution >= 0.6 is 0 Å². The Labute approximate surface area is 96.8 Å². The summed E-state index contributed by atoms with van der Waals surface area (Å²) in [7, 11) is 0. The van der Waals surface area contributed by atoms with E-state index in [1.54, 1.807) is 0 Å². The molecule has 0 radical (unpaired) electrons. The molecule has 0 heterocycles. The first-order valence-electron chi connectivity index (χ1n) is 7.38. The van der Waals surface area contributed by atoms with Gasteiger partial charge in [-0.05, 0) is 11.8 Å². The molecule has 0 bridgehead atoms. The zero-order valence-electron chi connectivity index (χ0n) is 10.9. The monoisotopic (exact) mass is 210 g/mol. The third-order valence-corrected chi connectivity index (χ3v) is 4.27. The Kier molecular flexibility index (Phi) is 7.13. The summed E-state index contributed by atoms with van der Waals surface area (Å²) in [5.41, 5.74) is 0. The fraction of sp³-hybridized carbons (Fsp3) is 1.00. The minimum atomic E-state index is 1.06. The van der Waals surface area contributed by atoms with E-state index >= 15 is 0 Å². The van der Waals surface area contributed by atoms with Gasteiger partial charge in [-0.3, -0.25) is 0 Å². The van der Waals surface area contributed by atoms with Gasteiger partial charge < -0.3 is 0 Å². The predicted molar refractivity (Wildman–Crippen MR) is 69.1 cm³/mol. The smallest absolute Gasteiger partial charge is 0.0386 e. The number of unbranched alkanes of at least 4 members (excludes halogenated alkanes) is 4. The molecule has 0 N–H and O–H groups in total.